The zero-order valence-corrected chi connectivity index (χ0v) is 9.44. The summed E-state index contributed by atoms with van der Waals surface area (Å²) >= 11 is 3.36. The van der Waals surface area contributed by atoms with Crippen molar-refractivity contribution in [2.24, 2.45) is 0 Å². The highest BCUT2D eigenvalue weighted by molar-refractivity contribution is 9.10. The van der Waals surface area contributed by atoms with Crippen LogP contribution in [-0.4, -0.2) is 5.11 Å². The van der Waals surface area contributed by atoms with Gasteiger partial charge in [-0.2, -0.15) is 0 Å². The number of phenolic OH excluding ortho intramolecular Hbond substituents is 1. The molecule has 0 aromatic heterocycles. The molecule has 1 N–H and O–H groups in total. The molecule has 0 aliphatic carbocycles. The molecule has 0 spiro atoms. The molecule has 0 atom stereocenters. The van der Waals surface area contributed by atoms with Crippen molar-refractivity contribution in [3.63, 3.8) is 0 Å². The highest BCUT2D eigenvalue weighted by atomic mass is 79.9. The van der Waals surface area contributed by atoms with Gasteiger partial charge in [0.2, 0.25) is 0 Å². The average molecular weight is 265 g/mol. The van der Waals surface area contributed by atoms with E-state index in [2.05, 4.69) is 15.9 Å². The molecular formula is C12H9BrO2. The topological polar surface area (TPSA) is 29.5 Å². The summed E-state index contributed by atoms with van der Waals surface area (Å²) in [5.74, 6) is 1.55. The molecule has 0 unspecified atom stereocenters. The molecule has 0 fully saturated rings. The van der Waals surface area contributed by atoms with Gasteiger partial charge in [-0.1, -0.05) is 28.1 Å². The third-order valence-electron chi connectivity index (χ3n) is 1.85. The Morgan fingerprint density at radius 1 is 0.933 bits per heavy atom. The van der Waals surface area contributed by atoms with Crippen molar-refractivity contribution in [1.29, 1.82) is 0 Å². The molecule has 0 aliphatic rings. The Hall–Kier alpha value is -1.48. The van der Waals surface area contributed by atoms with E-state index < -0.39 is 0 Å². The van der Waals surface area contributed by atoms with Crippen molar-refractivity contribution in [1.82, 2.24) is 0 Å². The quantitative estimate of drug-likeness (QED) is 0.890. The van der Waals surface area contributed by atoms with Gasteiger partial charge in [0.05, 0.1) is 0 Å². The predicted octanol–water partition coefficient (Wildman–Crippen LogP) is 3.95. The number of rotatable bonds is 2. The standard InChI is InChI=1S/C12H9BrO2/c13-9-3-1-5-11(7-9)15-12-6-2-4-10(14)8-12/h1-8,14H. The predicted molar refractivity (Wildman–Crippen MR) is 62.3 cm³/mol. The molecule has 15 heavy (non-hydrogen) atoms. The second kappa shape index (κ2) is 4.36. The normalized spacial score (nSPS) is 9.93. The smallest absolute Gasteiger partial charge is 0.131 e. The molecule has 2 rings (SSSR count). The van der Waals surface area contributed by atoms with Crippen molar-refractivity contribution in [3.05, 3.63) is 53.0 Å². The van der Waals surface area contributed by atoms with Crippen LogP contribution >= 0.6 is 15.9 Å². The number of hydrogen-bond donors (Lipinski definition) is 1. The average Bonchev–Trinajstić information content (AvgIpc) is 2.17. The first-order chi connectivity index (χ1) is 7.24. The maximum absolute atomic E-state index is 9.26. The molecule has 2 aromatic carbocycles. The van der Waals surface area contributed by atoms with E-state index in [1.165, 1.54) is 0 Å². The molecule has 76 valence electrons. The molecule has 0 saturated carbocycles. The highest BCUT2D eigenvalue weighted by Gasteiger charge is 1.98. The molecule has 2 nitrogen and oxygen atoms in total. The second-order valence-corrected chi connectivity index (χ2v) is 3.97. The first-order valence-electron chi connectivity index (χ1n) is 4.46. The van der Waals surface area contributed by atoms with Gasteiger partial charge in [-0.05, 0) is 30.3 Å². The summed E-state index contributed by atoms with van der Waals surface area (Å²) in [6.45, 7) is 0. The van der Waals surface area contributed by atoms with Gasteiger partial charge >= 0.3 is 0 Å². The summed E-state index contributed by atoms with van der Waals surface area (Å²) in [4.78, 5) is 0. The maximum atomic E-state index is 9.26. The Labute approximate surface area is 96.3 Å². The number of benzene rings is 2. The first kappa shape index (κ1) is 10.1. The number of ether oxygens (including phenoxy) is 1. The van der Waals surface area contributed by atoms with Crippen LogP contribution in [0, 0.1) is 0 Å². The van der Waals surface area contributed by atoms with Crippen molar-refractivity contribution >= 4 is 15.9 Å². The fourth-order valence-corrected chi connectivity index (χ4v) is 1.59. The maximum Gasteiger partial charge on any atom is 0.131 e. The van der Waals surface area contributed by atoms with E-state index in [4.69, 9.17) is 4.74 Å². The summed E-state index contributed by atoms with van der Waals surface area (Å²) in [5.41, 5.74) is 0. The summed E-state index contributed by atoms with van der Waals surface area (Å²) in [6.07, 6.45) is 0. The Morgan fingerprint density at radius 2 is 1.60 bits per heavy atom. The Balaban J connectivity index is 2.22. The summed E-state index contributed by atoms with van der Waals surface area (Å²) in [7, 11) is 0. The fourth-order valence-electron chi connectivity index (χ4n) is 1.21. The van der Waals surface area contributed by atoms with E-state index in [9.17, 15) is 5.11 Å². The van der Waals surface area contributed by atoms with Gasteiger partial charge in [-0.25, -0.2) is 0 Å². The number of phenols is 1. The molecule has 0 amide bonds. The Kier molecular flexibility index (Phi) is 2.92. The minimum Gasteiger partial charge on any atom is -0.508 e. The van der Waals surface area contributed by atoms with Gasteiger partial charge in [-0.15, -0.1) is 0 Å². The highest BCUT2D eigenvalue weighted by Crippen LogP contribution is 2.26. The largest absolute Gasteiger partial charge is 0.508 e. The van der Waals surface area contributed by atoms with Crippen LogP contribution in [0.15, 0.2) is 53.0 Å². The van der Waals surface area contributed by atoms with Gasteiger partial charge in [-0.3, -0.25) is 0 Å². The summed E-state index contributed by atoms with van der Waals surface area (Å²) < 4.78 is 6.51. The van der Waals surface area contributed by atoms with Gasteiger partial charge in [0.15, 0.2) is 0 Å². The van der Waals surface area contributed by atoms with Crippen LogP contribution in [0.25, 0.3) is 0 Å². The van der Waals surface area contributed by atoms with E-state index in [1.807, 2.05) is 24.3 Å². The molecule has 0 radical (unpaired) electrons. The minimum atomic E-state index is 0.197. The molecule has 3 heteroatoms. The van der Waals surface area contributed by atoms with E-state index in [0.717, 1.165) is 10.2 Å². The molecule has 2 aromatic rings. The Morgan fingerprint density at radius 3 is 2.27 bits per heavy atom. The van der Waals surface area contributed by atoms with Crippen molar-refractivity contribution in [2.45, 2.75) is 0 Å². The van der Waals surface area contributed by atoms with Crippen LogP contribution in [0.2, 0.25) is 0 Å². The fraction of sp³-hybridized carbons (Fsp3) is 0. The van der Waals surface area contributed by atoms with E-state index in [0.29, 0.717) is 5.75 Å². The minimum absolute atomic E-state index is 0.197. The van der Waals surface area contributed by atoms with Gasteiger partial charge < -0.3 is 9.84 Å². The zero-order valence-electron chi connectivity index (χ0n) is 7.85. The van der Waals surface area contributed by atoms with Gasteiger partial charge in [0, 0.05) is 10.5 Å². The van der Waals surface area contributed by atoms with Crippen LogP contribution in [0.5, 0.6) is 17.2 Å². The van der Waals surface area contributed by atoms with Crippen LogP contribution < -0.4 is 4.74 Å². The van der Waals surface area contributed by atoms with Gasteiger partial charge in [0.1, 0.15) is 17.2 Å². The number of hydrogen-bond acceptors (Lipinski definition) is 2. The lowest BCUT2D eigenvalue weighted by Crippen LogP contribution is -1.83. The third-order valence-corrected chi connectivity index (χ3v) is 2.34. The van der Waals surface area contributed by atoms with Crippen molar-refractivity contribution < 1.29 is 9.84 Å². The lowest BCUT2D eigenvalue weighted by atomic mass is 10.3. The number of aromatic hydroxyl groups is 1. The first-order valence-corrected chi connectivity index (χ1v) is 5.26. The van der Waals surface area contributed by atoms with E-state index in [1.54, 1.807) is 24.3 Å². The second-order valence-electron chi connectivity index (χ2n) is 3.06. The monoisotopic (exact) mass is 264 g/mol. The molecule has 0 heterocycles. The molecule has 0 bridgehead atoms. The van der Waals surface area contributed by atoms with Crippen LogP contribution in [0.4, 0.5) is 0 Å². The molecule has 0 saturated heterocycles. The SMILES string of the molecule is Oc1cccc(Oc2cccc(Br)c2)c1. The van der Waals surface area contributed by atoms with Gasteiger partial charge in [0.25, 0.3) is 0 Å². The van der Waals surface area contributed by atoms with Crippen LogP contribution in [0.1, 0.15) is 0 Å². The molecule has 0 aliphatic heterocycles. The third kappa shape index (κ3) is 2.73. The zero-order chi connectivity index (χ0) is 10.7. The summed E-state index contributed by atoms with van der Waals surface area (Å²) in [5, 5.41) is 9.26. The number of halogens is 1. The van der Waals surface area contributed by atoms with Crippen molar-refractivity contribution in [3.8, 4) is 17.2 Å². The lowest BCUT2D eigenvalue weighted by Gasteiger charge is -2.05. The lowest BCUT2D eigenvalue weighted by molar-refractivity contribution is 0.455. The molecular weight excluding hydrogens is 256 g/mol. The Bertz CT molecular complexity index is 425. The van der Waals surface area contributed by atoms with Crippen LogP contribution in [-0.2, 0) is 0 Å². The van der Waals surface area contributed by atoms with E-state index >= 15 is 0 Å². The van der Waals surface area contributed by atoms with Crippen LogP contribution in [0.3, 0.4) is 0 Å². The summed E-state index contributed by atoms with van der Waals surface area (Å²) in [6, 6.07) is 14.2. The van der Waals surface area contributed by atoms with Crippen molar-refractivity contribution in [2.75, 3.05) is 0 Å². The van der Waals surface area contributed by atoms with E-state index in [-0.39, 0.29) is 5.75 Å².